The molecule has 19 heavy (non-hydrogen) atoms. The zero-order valence-electron chi connectivity index (χ0n) is 10.3. The van der Waals surface area contributed by atoms with Crippen LogP contribution in [0.5, 0.6) is 0 Å². The average molecular weight is 267 g/mol. The summed E-state index contributed by atoms with van der Waals surface area (Å²) in [7, 11) is 0. The second-order valence-electron chi connectivity index (χ2n) is 4.01. The third-order valence-corrected chi connectivity index (χ3v) is 2.72. The Morgan fingerprint density at radius 2 is 2.11 bits per heavy atom. The zero-order chi connectivity index (χ0) is 14.2. The van der Waals surface area contributed by atoms with E-state index in [4.69, 9.17) is 9.52 Å². The van der Waals surface area contributed by atoms with E-state index in [9.17, 15) is 13.6 Å². The van der Waals surface area contributed by atoms with Crippen LogP contribution in [0.3, 0.4) is 0 Å². The third-order valence-electron chi connectivity index (χ3n) is 2.72. The molecule has 0 bridgehead atoms. The lowest BCUT2D eigenvalue weighted by atomic mass is 10.1. The topological polar surface area (TPSA) is 63.3 Å². The normalized spacial score (nSPS) is 10.7. The number of hydrogen-bond donors (Lipinski definition) is 1. The van der Waals surface area contributed by atoms with Crippen LogP contribution in [-0.4, -0.2) is 16.1 Å². The predicted octanol–water partition coefficient (Wildman–Crippen LogP) is 3.19. The van der Waals surface area contributed by atoms with Crippen molar-refractivity contribution in [3.05, 3.63) is 40.8 Å². The molecule has 2 rings (SSSR count). The van der Waals surface area contributed by atoms with Crippen molar-refractivity contribution in [2.75, 3.05) is 0 Å². The quantitative estimate of drug-likeness (QED) is 0.927. The summed E-state index contributed by atoms with van der Waals surface area (Å²) in [6.45, 7) is 3.15. The summed E-state index contributed by atoms with van der Waals surface area (Å²) in [5, 5.41) is 8.93. The SMILES string of the molecule is CCc1nc(-c2c(F)ccc(C)c2F)oc1C(=O)O. The van der Waals surface area contributed by atoms with Crippen molar-refractivity contribution < 1.29 is 23.1 Å². The van der Waals surface area contributed by atoms with E-state index in [1.807, 2.05) is 0 Å². The van der Waals surface area contributed by atoms with E-state index in [0.717, 1.165) is 6.07 Å². The van der Waals surface area contributed by atoms with E-state index >= 15 is 0 Å². The molecule has 1 aromatic heterocycles. The van der Waals surface area contributed by atoms with Crippen LogP contribution in [0, 0.1) is 18.6 Å². The van der Waals surface area contributed by atoms with E-state index in [1.165, 1.54) is 13.0 Å². The van der Waals surface area contributed by atoms with Gasteiger partial charge in [0.2, 0.25) is 11.7 Å². The molecule has 0 fully saturated rings. The maximum atomic E-state index is 13.9. The van der Waals surface area contributed by atoms with Crippen molar-refractivity contribution in [3.8, 4) is 11.5 Å². The Balaban J connectivity index is 2.66. The number of aromatic nitrogens is 1. The van der Waals surface area contributed by atoms with Crippen LogP contribution in [0.15, 0.2) is 16.5 Å². The first-order valence-electron chi connectivity index (χ1n) is 5.63. The molecule has 0 aliphatic rings. The summed E-state index contributed by atoms with van der Waals surface area (Å²) < 4.78 is 32.6. The van der Waals surface area contributed by atoms with Crippen molar-refractivity contribution in [2.45, 2.75) is 20.3 Å². The van der Waals surface area contributed by atoms with Crippen LogP contribution >= 0.6 is 0 Å². The number of carboxylic acid groups (broad SMARTS) is 1. The Labute approximate surface area is 107 Å². The van der Waals surface area contributed by atoms with Crippen molar-refractivity contribution in [3.63, 3.8) is 0 Å². The second-order valence-corrected chi connectivity index (χ2v) is 4.01. The molecule has 0 aliphatic heterocycles. The van der Waals surface area contributed by atoms with Crippen LogP contribution in [0.4, 0.5) is 8.78 Å². The Hall–Kier alpha value is -2.24. The molecule has 1 heterocycles. The number of oxazole rings is 1. The summed E-state index contributed by atoms with van der Waals surface area (Å²) in [5.41, 5.74) is -0.0606. The Bertz CT molecular complexity index is 650. The fourth-order valence-electron chi connectivity index (χ4n) is 1.72. The van der Waals surface area contributed by atoms with Crippen molar-refractivity contribution in [1.29, 1.82) is 0 Å². The van der Waals surface area contributed by atoms with Crippen molar-refractivity contribution in [1.82, 2.24) is 4.98 Å². The number of nitrogens with zero attached hydrogens (tertiary/aromatic N) is 1. The van der Waals surface area contributed by atoms with Gasteiger partial charge in [0.1, 0.15) is 17.2 Å². The molecule has 0 saturated heterocycles. The molecule has 2 aromatic rings. The van der Waals surface area contributed by atoms with E-state index in [0.29, 0.717) is 6.42 Å². The summed E-state index contributed by atoms with van der Waals surface area (Å²) in [6, 6.07) is 2.37. The number of halogens is 2. The maximum absolute atomic E-state index is 13.9. The lowest BCUT2D eigenvalue weighted by Gasteiger charge is -2.02. The highest BCUT2D eigenvalue weighted by atomic mass is 19.1. The molecular weight excluding hydrogens is 256 g/mol. The van der Waals surface area contributed by atoms with Gasteiger partial charge in [-0.2, -0.15) is 0 Å². The highest BCUT2D eigenvalue weighted by molar-refractivity contribution is 5.86. The fraction of sp³-hybridized carbons (Fsp3) is 0.231. The molecule has 0 spiro atoms. The van der Waals surface area contributed by atoms with Crippen molar-refractivity contribution >= 4 is 5.97 Å². The number of benzene rings is 1. The Morgan fingerprint density at radius 3 is 2.63 bits per heavy atom. The first-order chi connectivity index (χ1) is 8.95. The molecule has 4 nitrogen and oxygen atoms in total. The number of aryl methyl sites for hydroxylation is 2. The molecule has 6 heteroatoms. The van der Waals surface area contributed by atoms with Gasteiger partial charge in [0.15, 0.2) is 0 Å². The number of carbonyl (C=O) groups is 1. The second kappa shape index (κ2) is 4.79. The zero-order valence-corrected chi connectivity index (χ0v) is 10.3. The first-order valence-corrected chi connectivity index (χ1v) is 5.63. The van der Waals surface area contributed by atoms with E-state index in [2.05, 4.69) is 4.98 Å². The maximum Gasteiger partial charge on any atom is 0.373 e. The van der Waals surface area contributed by atoms with E-state index < -0.39 is 28.9 Å². The standard InChI is InChI=1S/C13H11F2NO3/c1-3-8-11(13(17)18)19-12(16-8)9-7(14)5-4-6(2)10(9)15/h4-5H,3H2,1-2H3,(H,17,18). The molecule has 1 N–H and O–H groups in total. The van der Waals surface area contributed by atoms with Crippen LogP contribution in [0.25, 0.3) is 11.5 Å². The molecule has 1 aromatic carbocycles. The molecule has 100 valence electrons. The number of hydrogen-bond acceptors (Lipinski definition) is 3. The summed E-state index contributed by atoms with van der Waals surface area (Å²) in [6.07, 6.45) is 0.292. The minimum absolute atomic E-state index is 0.155. The Kier molecular flexibility index (Phi) is 3.33. The third kappa shape index (κ3) is 2.21. The molecular formula is C13H11F2NO3. The minimum Gasteiger partial charge on any atom is -0.475 e. The van der Waals surface area contributed by atoms with E-state index in [-0.39, 0.29) is 17.1 Å². The number of aromatic carboxylic acids is 1. The predicted molar refractivity (Wildman–Crippen MR) is 62.9 cm³/mol. The van der Waals surface area contributed by atoms with Gasteiger partial charge in [0.05, 0.1) is 5.69 Å². The minimum atomic E-state index is -1.32. The van der Waals surface area contributed by atoms with Crippen LogP contribution < -0.4 is 0 Å². The lowest BCUT2D eigenvalue weighted by Crippen LogP contribution is -1.98. The molecule has 0 radical (unpaired) electrons. The van der Waals surface area contributed by atoms with Gasteiger partial charge in [-0.15, -0.1) is 0 Å². The number of rotatable bonds is 3. The molecule has 0 atom stereocenters. The van der Waals surface area contributed by atoms with Gasteiger partial charge in [-0.3, -0.25) is 0 Å². The lowest BCUT2D eigenvalue weighted by molar-refractivity contribution is 0.0661. The van der Waals surface area contributed by atoms with Gasteiger partial charge in [-0.05, 0) is 25.0 Å². The first kappa shape index (κ1) is 13.2. The summed E-state index contributed by atoms with van der Waals surface area (Å²) in [5.74, 6) is -3.71. The molecule has 0 aliphatic carbocycles. The van der Waals surface area contributed by atoms with Gasteiger partial charge in [-0.25, -0.2) is 18.6 Å². The summed E-state index contributed by atoms with van der Waals surface area (Å²) >= 11 is 0. The van der Waals surface area contributed by atoms with Gasteiger partial charge in [0.25, 0.3) is 0 Å². The fourth-order valence-corrected chi connectivity index (χ4v) is 1.72. The molecule has 0 amide bonds. The van der Waals surface area contributed by atoms with Gasteiger partial charge >= 0.3 is 5.97 Å². The van der Waals surface area contributed by atoms with Crippen LogP contribution in [-0.2, 0) is 6.42 Å². The molecule has 0 unspecified atom stereocenters. The van der Waals surface area contributed by atoms with Crippen molar-refractivity contribution in [2.24, 2.45) is 0 Å². The average Bonchev–Trinajstić information content (AvgIpc) is 2.78. The van der Waals surface area contributed by atoms with Crippen LogP contribution in [0.1, 0.15) is 28.7 Å². The monoisotopic (exact) mass is 267 g/mol. The van der Waals surface area contributed by atoms with Gasteiger partial charge < -0.3 is 9.52 Å². The van der Waals surface area contributed by atoms with E-state index in [1.54, 1.807) is 6.92 Å². The van der Waals surface area contributed by atoms with Gasteiger partial charge in [-0.1, -0.05) is 13.0 Å². The highest BCUT2D eigenvalue weighted by Gasteiger charge is 2.23. The van der Waals surface area contributed by atoms with Gasteiger partial charge in [0, 0.05) is 0 Å². The highest BCUT2D eigenvalue weighted by Crippen LogP contribution is 2.29. The molecule has 0 saturated carbocycles. The smallest absolute Gasteiger partial charge is 0.373 e. The summed E-state index contributed by atoms with van der Waals surface area (Å²) in [4.78, 5) is 14.8. The number of carboxylic acids is 1. The Morgan fingerprint density at radius 1 is 1.42 bits per heavy atom. The van der Waals surface area contributed by atoms with Crippen LogP contribution in [0.2, 0.25) is 0 Å². The largest absolute Gasteiger partial charge is 0.475 e.